The molecular weight excluding hydrogens is 266 g/mol. The van der Waals surface area contributed by atoms with Crippen LogP contribution in [0, 0.1) is 10.1 Å². The summed E-state index contributed by atoms with van der Waals surface area (Å²) in [6.07, 6.45) is -0.369. The van der Waals surface area contributed by atoms with E-state index >= 15 is 0 Å². The number of nitrogens with one attached hydrogen (secondary N) is 1. The highest BCUT2D eigenvalue weighted by atomic mass is 16.6. The zero-order chi connectivity index (χ0) is 14.5. The Kier molecular flexibility index (Phi) is 4.49. The Morgan fingerprint density at radius 1 is 1.50 bits per heavy atom. The molecule has 1 aromatic carbocycles. The standard InChI is InChI=1S/C12H15N3O5/c16-8-11-7-14(5-6-20-11)12(17)13-9-1-3-10(4-2-9)15(18)19/h1-4,11,16H,5-8H2,(H,13,17). The maximum Gasteiger partial charge on any atom is 0.322 e. The molecule has 1 saturated heterocycles. The summed E-state index contributed by atoms with van der Waals surface area (Å²) in [5.41, 5.74) is 0.447. The van der Waals surface area contributed by atoms with Gasteiger partial charge in [-0.25, -0.2) is 4.79 Å². The number of aliphatic hydroxyl groups is 1. The van der Waals surface area contributed by atoms with Gasteiger partial charge in [0.1, 0.15) is 0 Å². The summed E-state index contributed by atoms with van der Waals surface area (Å²) in [4.78, 5) is 23.5. The molecule has 1 aliphatic rings. The summed E-state index contributed by atoms with van der Waals surface area (Å²) in [5.74, 6) is 0. The number of anilines is 1. The van der Waals surface area contributed by atoms with Crippen LogP contribution in [0.5, 0.6) is 0 Å². The summed E-state index contributed by atoms with van der Waals surface area (Å²) < 4.78 is 5.25. The van der Waals surface area contributed by atoms with Crippen molar-refractivity contribution >= 4 is 17.4 Å². The molecule has 108 valence electrons. The SMILES string of the molecule is O=C(Nc1ccc([N+](=O)[O-])cc1)N1CCOC(CO)C1. The Morgan fingerprint density at radius 3 is 2.80 bits per heavy atom. The van der Waals surface area contributed by atoms with Crippen LogP contribution in [-0.4, -0.2) is 53.4 Å². The van der Waals surface area contributed by atoms with Crippen LogP contribution in [0.1, 0.15) is 0 Å². The maximum atomic E-state index is 12.0. The first-order valence-corrected chi connectivity index (χ1v) is 6.13. The minimum absolute atomic E-state index is 0.0327. The van der Waals surface area contributed by atoms with Gasteiger partial charge in [0.05, 0.1) is 30.8 Å². The normalized spacial score (nSPS) is 18.6. The zero-order valence-corrected chi connectivity index (χ0v) is 10.7. The van der Waals surface area contributed by atoms with Crippen LogP contribution < -0.4 is 5.32 Å². The number of benzene rings is 1. The maximum absolute atomic E-state index is 12.0. The summed E-state index contributed by atoms with van der Waals surface area (Å²) in [5, 5.41) is 22.2. The summed E-state index contributed by atoms with van der Waals surface area (Å²) in [6.45, 7) is 0.991. The summed E-state index contributed by atoms with van der Waals surface area (Å²) in [6, 6.07) is 5.28. The van der Waals surface area contributed by atoms with E-state index in [0.29, 0.717) is 25.4 Å². The number of rotatable bonds is 3. The molecule has 1 atom stereocenters. The number of hydrogen-bond donors (Lipinski definition) is 2. The van der Waals surface area contributed by atoms with E-state index in [1.807, 2.05) is 0 Å². The van der Waals surface area contributed by atoms with Crippen molar-refractivity contribution < 1.29 is 19.6 Å². The molecule has 1 unspecified atom stereocenters. The largest absolute Gasteiger partial charge is 0.394 e. The molecule has 1 heterocycles. The molecule has 2 rings (SSSR count). The second-order valence-corrected chi connectivity index (χ2v) is 4.36. The Labute approximate surface area is 115 Å². The highest BCUT2D eigenvalue weighted by Crippen LogP contribution is 2.16. The molecule has 0 saturated carbocycles. The smallest absolute Gasteiger partial charge is 0.322 e. The van der Waals surface area contributed by atoms with Crippen LogP contribution in [0.3, 0.4) is 0 Å². The van der Waals surface area contributed by atoms with E-state index in [4.69, 9.17) is 9.84 Å². The zero-order valence-electron chi connectivity index (χ0n) is 10.7. The van der Waals surface area contributed by atoms with Gasteiger partial charge in [-0.1, -0.05) is 0 Å². The van der Waals surface area contributed by atoms with Gasteiger partial charge >= 0.3 is 6.03 Å². The van der Waals surface area contributed by atoms with Gasteiger partial charge in [0.15, 0.2) is 0 Å². The van der Waals surface area contributed by atoms with Crippen molar-refractivity contribution in [3.63, 3.8) is 0 Å². The van der Waals surface area contributed by atoms with Gasteiger partial charge < -0.3 is 20.1 Å². The lowest BCUT2D eigenvalue weighted by Crippen LogP contribution is -2.48. The summed E-state index contributed by atoms with van der Waals surface area (Å²) in [7, 11) is 0. The fraction of sp³-hybridized carbons (Fsp3) is 0.417. The molecule has 0 aromatic heterocycles. The number of urea groups is 1. The number of non-ortho nitro benzene ring substituents is 1. The van der Waals surface area contributed by atoms with Gasteiger partial charge in [0.25, 0.3) is 5.69 Å². The van der Waals surface area contributed by atoms with Crippen LogP contribution in [0.4, 0.5) is 16.2 Å². The fourth-order valence-electron chi connectivity index (χ4n) is 1.88. The molecule has 8 nitrogen and oxygen atoms in total. The van der Waals surface area contributed by atoms with E-state index in [1.165, 1.54) is 29.2 Å². The van der Waals surface area contributed by atoms with Gasteiger partial charge in [-0.15, -0.1) is 0 Å². The van der Waals surface area contributed by atoms with E-state index in [-0.39, 0.29) is 24.4 Å². The van der Waals surface area contributed by atoms with Gasteiger partial charge in [-0.05, 0) is 12.1 Å². The Bertz CT molecular complexity index is 490. The van der Waals surface area contributed by atoms with Crippen molar-refractivity contribution in [2.24, 2.45) is 0 Å². The highest BCUT2D eigenvalue weighted by molar-refractivity contribution is 5.89. The van der Waals surface area contributed by atoms with E-state index in [2.05, 4.69) is 5.32 Å². The molecule has 2 amide bonds. The number of nitro groups is 1. The number of nitrogens with zero attached hydrogens (tertiary/aromatic N) is 2. The first kappa shape index (κ1) is 14.2. The second kappa shape index (κ2) is 6.31. The van der Waals surface area contributed by atoms with Crippen molar-refractivity contribution in [1.82, 2.24) is 4.90 Å². The topological polar surface area (TPSA) is 105 Å². The van der Waals surface area contributed by atoms with E-state index < -0.39 is 4.92 Å². The monoisotopic (exact) mass is 281 g/mol. The van der Waals surface area contributed by atoms with Crippen LogP contribution >= 0.6 is 0 Å². The van der Waals surface area contributed by atoms with Gasteiger partial charge in [0.2, 0.25) is 0 Å². The van der Waals surface area contributed by atoms with Crippen LogP contribution in [0.2, 0.25) is 0 Å². The molecule has 0 radical (unpaired) electrons. The van der Waals surface area contributed by atoms with Gasteiger partial charge in [-0.2, -0.15) is 0 Å². The number of aliphatic hydroxyl groups excluding tert-OH is 1. The molecule has 1 aromatic rings. The number of morpholine rings is 1. The van der Waals surface area contributed by atoms with E-state index in [9.17, 15) is 14.9 Å². The molecule has 2 N–H and O–H groups in total. The number of ether oxygens (including phenoxy) is 1. The second-order valence-electron chi connectivity index (χ2n) is 4.36. The van der Waals surface area contributed by atoms with Crippen molar-refractivity contribution in [2.75, 3.05) is 31.6 Å². The lowest BCUT2D eigenvalue weighted by molar-refractivity contribution is -0.384. The van der Waals surface area contributed by atoms with E-state index in [1.54, 1.807) is 0 Å². The molecular formula is C12H15N3O5. The van der Waals surface area contributed by atoms with Crippen molar-refractivity contribution in [1.29, 1.82) is 0 Å². The molecule has 0 spiro atoms. The third kappa shape index (κ3) is 3.43. The van der Waals surface area contributed by atoms with Crippen molar-refractivity contribution in [2.45, 2.75) is 6.10 Å². The third-order valence-corrected chi connectivity index (χ3v) is 2.96. The number of hydrogen-bond acceptors (Lipinski definition) is 5. The molecule has 1 aliphatic heterocycles. The molecule has 0 bridgehead atoms. The van der Waals surface area contributed by atoms with Crippen LogP contribution in [0.15, 0.2) is 24.3 Å². The Balaban J connectivity index is 1.95. The van der Waals surface area contributed by atoms with Crippen LogP contribution in [-0.2, 0) is 4.74 Å². The predicted octanol–water partition coefficient (Wildman–Crippen LogP) is 0.820. The van der Waals surface area contributed by atoms with Crippen molar-refractivity contribution in [3.05, 3.63) is 34.4 Å². The fourth-order valence-corrected chi connectivity index (χ4v) is 1.88. The molecule has 0 aliphatic carbocycles. The molecule has 8 heteroatoms. The van der Waals surface area contributed by atoms with Gasteiger partial charge in [0, 0.05) is 24.4 Å². The lowest BCUT2D eigenvalue weighted by Gasteiger charge is -2.32. The highest BCUT2D eigenvalue weighted by Gasteiger charge is 2.23. The third-order valence-electron chi connectivity index (χ3n) is 2.96. The number of carbonyl (C=O) groups excluding carboxylic acids is 1. The summed E-state index contributed by atoms with van der Waals surface area (Å²) >= 11 is 0. The average molecular weight is 281 g/mol. The molecule has 20 heavy (non-hydrogen) atoms. The average Bonchev–Trinajstić information content (AvgIpc) is 2.47. The first-order valence-electron chi connectivity index (χ1n) is 6.13. The Hall–Kier alpha value is -2.19. The Morgan fingerprint density at radius 2 is 2.20 bits per heavy atom. The number of carbonyl (C=O) groups is 1. The lowest BCUT2D eigenvalue weighted by atomic mass is 10.2. The van der Waals surface area contributed by atoms with E-state index in [0.717, 1.165) is 0 Å². The van der Waals surface area contributed by atoms with Crippen molar-refractivity contribution in [3.8, 4) is 0 Å². The molecule has 1 fully saturated rings. The van der Waals surface area contributed by atoms with Crippen LogP contribution in [0.25, 0.3) is 0 Å². The minimum Gasteiger partial charge on any atom is -0.394 e. The predicted molar refractivity (Wildman–Crippen MR) is 70.5 cm³/mol. The quantitative estimate of drug-likeness (QED) is 0.630. The number of nitro benzene ring substituents is 1. The van der Waals surface area contributed by atoms with Gasteiger partial charge in [-0.3, -0.25) is 10.1 Å². The first-order chi connectivity index (χ1) is 9.60. The minimum atomic E-state index is -0.501. The number of amides is 2.